The molecule has 1 aliphatic carbocycles. The van der Waals surface area contributed by atoms with Gasteiger partial charge < -0.3 is 19.9 Å². The minimum absolute atomic E-state index is 0.000163. The summed E-state index contributed by atoms with van der Waals surface area (Å²) in [6.45, 7) is 23.0. The van der Waals surface area contributed by atoms with Crippen LogP contribution in [-0.4, -0.2) is 45.3 Å². The second-order valence-electron chi connectivity index (χ2n) is 12.5. The molecule has 1 aromatic heterocycles. The van der Waals surface area contributed by atoms with Crippen molar-refractivity contribution in [2.24, 2.45) is 5.92 Å². The third kappa shape index (κ3) is 6.51. The Balaban J connectivity index is 2.31. The third-order valence-electron chi connectivity index (χ3n) is 7.91. The van der Waals surface area contributed by atoms with Crippen molar-refractivity contribution in [1.29, 1.82) is 0 Å². The average molecular weight is 531 g/mol. The fourth-order valence-corrected chi connectivity index (χ4v) is 6.29. The van der Waals surface area contributed by atoms with E-state index in [0.717, 1.165) is 6.42 Å². The molecule has 0 amide bonds. The van der Waals surface area contributed by atoms with Gasteiger partial charge in [-0.3, -0.25) is 10.1 Å². The van der Waals surface area contributed by atoms with E-state index >= 15 is 0 Å². The number of nitrogen functional groups attached to an aromatic ring is 1. The topological polar surface area (TPSA) is 113 Å². The maximum absolute atomic E-state index is 11.7. The van der Waals surface area contributed by atoms with E-state index in [1.165, 1.54) is 6.20 Å². The molecule has 3 atom stereocenters. The lowest BCUT2D eigenvalue weighted by atomic mass is 10.1. The van der Waals surface area contributed by atoms with Crippen LogP contribution in [0.1, 0.15) is 54.4 Å². The van der Waals surface area contributed by atoms with Crippen LogP contribution in [0.4, 0.5) is 17.2 Å². The van der Waals surface area contributed by atoms with E-state index < -0.39 is 21.6 Å². The highest BCUT2D eigenvalue weighted by molar-refractivity contribution is 6.74. The van der Waals surface area contributed by atoms with Crippen LogP contribution in [-0.2, 0) is 8.85 Å². The Morgan fingerprint density at radius 3 is 2.21 bits per heavy atom. The van der Waals surface area contributed by atoms with Crippen LogP contribution < -0.4 is 11.1 Å². The molecule has 34 heavy (non-hydrogen) atoms. The van der Waals surface area contributed by atoms with Crippen molar-refractivity contribution in [2.45, 2.75) is 103 Å². The summed E-state index contributed by atoms with van der Waals surface area (Å²) < 4.78 is 13.5. The van der Waals surface area contributed by atoms with Crippen LogP contribution in [0.25, 0.3) is 0 Å². The monoisotopic (exact) mass is 530 g/mol. The Labute approximate surface area is 211 Å². The minimum Gasteiger partial charge on any atom is -0.416 e. The molecule has 0 aromatic carbocycles. The zero-order chi connectivity index (χ0) is 26.3. The fourth-order valence-electron chi connectivity index (χ4n) is 3.63. The summed E-state index contributed by atoms with van der Waals surface area (Å²) >= 11 is 6.31. The van der Waals surface area contributed by atoms with E-state index in [4.69, 9.17) is 26.2 Å². The first kappa shape index (κ1) is 29.0. The van der Waals surface area contributed by atoms with E-state index in [9.17, 15) is 10.1 Å². The van der Waals surface area contributed by atoms with Gasteiger partial charge in [0, 0.05) is 18.6 Å². The Morgan fingerprint density at radius 2 is 1.71 bits per heavy atom. The van der Waals surface area contributed by atoms with Crippen LogP contribution in [0.5, 0.6) is 0 Å². The first-order valence-corrected chi connectivity index (χ1v) is 18.1. The number of nitrogens with zero attached hydrogens (tertiary/aromatic N) is 2. The van der Waals surface area contributed by atoms with Crippen LogP contribution >= 0.6 is 11.6 Å². The number of nitrogens with one attached hydrogen (secondary N) is 1. The molecule has 1 aliphatic rings. The van der Waals surface area contributed by atoms with Crippen LogP contribution in [0.2, 0.25) is 41.3 Å². The smallest absolute Gasteiger partial charge is 0.335 e. The zero-order valence-corrected chi connectivity index (χ0v) is 25.2. The number of nitrogens with two attached hydrogens (primary N) is 1. The summed E-state index contributed by atoms with van der Waals surface area (Å²) in [6, 6.07) is -0.0548. The Kier molecular flexibility index (Phi) is 8.57. The molecule has 8 nitrogen and oxygen atoms in total. The van der Waals surface area contributed by atoms with Crippen molar-refractivity contribution in [2.75, 3.05) is 17.7 Å². The van der Waals surface area contributed by atoms with Gasteiger partial charge in [0.15, 0.2) is 16.6 Å². The lowest BCUT2D eigenvalue weighted by Crippen LogP contribution is -2.46. The molecule has 11 heteroatoms. The van der Waals surface area contributed by atoms with Gasteiger partial charge in [0.1, 0.15) is 5.69 Å². The van der Waals surface area contributed by atoms with Gasteiger partial charge in [-0.1, -0.05) is 53.1 Å². The molecule has 1 aromatic rings. The number of hydrogen-bond donors (Lipinski definition) is 2. The van der Waals surface area contributed by atoms with Gasteiger partial charge in [0.05, 0.1) is 22.2 Å². The number of nitro groups is 1. The van der Waals surface area contributed by atoms with Crippen molar-refractivity contribution in [3.05, 3.63) is 21.3 Å². The molecule has 0 radical (unpaired) electrons. The molecule has 0 aliphatic heterocycles. The largest absolute Gasteiger partial charge is 0.416 e. The number of hydrogen-bond acceptors (Lipinski definition) is 7. The molecular weight excluding hydrogens is 488 g/mol. The second kappa shape index (κ2) is 10.0. The molecule has 0 bridgehead atoms. The van der Waals surface area contributed by atoms with Crippen molar-refractivity contribution >= 4 is 45.4 Å². The van der Waals surface area contributed by atoms with E-state index in [1.807, 2.05) is 0 Å². The Hall–Kier alpha value is -1.21. The molecule has 0 unspecified atom stereocenters. The first-order valence-electron chi connectivity index (χ1n) is 11.9. The highest BCUT2D eigenvalue weighted by atomic mass is 35.5. The number of aromatic nitrogens is 1. The summed E-state index contributed by atoms with van der Waals surface area (Å²) in [5, 5.41) is 15.3. The highest BCUT2D eigenvalue weighted by Gasteiger charge is 2.46. The normalized spacial score (nSPS) is 22.1. The molecule has 1 saturated carbocycles. The van der Waals surface area contributed by atoms with Gasteiger partial charge in [0.25, 0.3) is 0 Å². The quantitative estimate of drug-likeness (QED) is 0.215. The highest BCUT2D eigenvalue weighted by Crippen LogP contribution is 2.44. The second-order valence-corrected chi connectivity index (χ2v) is 22.5. The first-order chi connectivity index (χ1) is 15.3. The van der Waals surface area contributed by atoms with E-state index in [0.29, 0.717) is 13.0 Å². The summed E-state index contributed by atoms with van der Waals surface area (Å²) in [4.78, 5) is 15.0. The van der Waals surface area contributed by atoms with Crippen molar-refractivity contribution in [3.63, 3.8) is 0 Å². The summed E-state index contributed by atoms with van der Waals surface area (Å²) in [5.41, 5.74) is 5.74. The maximum atomic E-state index is 11.7. The molecule has 0 saturated heterocycles. The van der Waals surface area contributed by atoms with Crippen LogP contribution in [0.15, 0.2) is 6.20 Å². The maximum Gasteiger partial charge on any atom is 0.335 e. The van der Waals surface area contributed by atoms with Crippen molar-refractivity contribution < 1.29 is 13.8 Å². The number of rotatable bonds is 8. The van der Waals surface area contributed by atoms with Gasteiger partial charge in [-0.2, -0.15) is 0 Å². The zero-order valence-electron chi connectivity index (χ0n) is 22.4. The molecular formula is C23H43ClN4O4Si2. The van der Waals surface area contributed by atoms with Gasteiger partial charge >= 0.3 is 5.69 Å². The SMILES string of the molecule is CC(C)(C)[Si](C)(C)OC[C@@H]1C[C@@H](Nc2c(Cl)cnc(N)c2[N+](=O)[O-])C[C@@H]1O[Si](C)(C)C(C)(C)C. The molecule has 2 rings (SSSR count). The van der Waals surface area contributed by atoms with E-state index in [1.54, 1.807) is 0 Å². The van der Waals surface area contributed by atoms with Crippen LogP contribution in [0.3, 0.4) is 0 Å². The predicted octanol–water partition coefficient (Wildman–Crippen LogP) is 6.83. The molecule has 1 fully saturated rings. The number of halogens is 1. The predicted molar refractivity (Wildman–Crippen MR) is 146 cm³/mol. The standard InChI is InChI=1S/C23H43ClN4O4Si2/c1-22(2,3)33(7,8)31-14-15-11-16(12-18(15)32-34(9,10)23(4,5)6)27-19-17(24)13-26-21(25)20(19)28(29)30/h13,15-16,18H,11-12,14H2,1-10H3,(H3,25,26,27)/t15-,16+,18-/m0/s1. The molecule has 0 spiro atoms. The Morgan fingerprint density at radius 1 is 1.15 bits per heavy atom. The fraction of sp³-hybridized carbons (Fsp3) is 0.783. The van der Waals surface area contributed by atoms with Crippen molar-refractivity contribution in [1.82, 2.24) is 4.98 Å². The lowest BCUT2D eigenvalue weighted by molar-refractivity contribution is -0.383. The van der Waals surface area contributed by atoms with Gasteiger partial charge in [-0.05, 0) is 49.1 Å². The third-order valence-corrected chi connectivity index (χ3v) is 17.2. The van der Waals surface area contributed by atoms with Gasteiger partial charge in [-0.25, -0.2) is 4.98 Å². The Bertz CT molecular complexity index is 900. The van der Waals surface area contributed by atoms with E-state index in [2.05, 4.69) is 78.0 Å². The average Bonchev–Trinajstić information content (AvgIpc) is 3.01. The van der Waals surface area contributed by atoms with Gasteiger partial charge in [0.2, 0.25) is 5.82 Å². The molecule has 1 heterocycles. The van der Waals surface area contributed by atoms with E-state index in [-0.39, 0.29) is 50.4 Å². The summed E-state index contributed by atoms with van der Waals surface area (Å²) in [7, 11) is -3.96. The van der Waals surface area contributed by atoms with Crippen LogP contribution in [0, 0.1) is 16.0 Å². The minimum atomic E-state index is -2.03. The number of pyridine rings is 1. The number of anilines is 2. The summed E-state index contributed by atoms with van der Waals surface area (Å²) in [6.07, 6.45) is 2.83. The van der Waals surface area contributed by atoms with Crippen molar-refractivity contribution in [3.8, 4) is 0 Å². The summed E-state index contributed by atoms with van der Waals surface area (Å²) in [5.74, 6) is 0.0274. The lowest BCUT2D eigenvalue weighted by Gasteiger charge is -2.41. The molecule has 194 valence electrons. The van der Waals surface area contributed by atoms with Gasteiger partial charge in [-0.15, -0.1) is 0 Å². The molecule has 3 N–H and O–H groups in total.